The van der Waals surface area contributed by atoms with Crippen molar-refractivity contribution < 1.29 is 23.6 Å². The van der Waals surface area contributed by atoms with E-state index in [1.165, 1.54) is 19.2 Å². The summed E-state index contributed by atoms with van der Waals surface area (Å²) >= 11 is 24.3. The largest absolute Gasteiger partial charge is 0.482 e. The van der Waals surface area contributed by atoms with Gasteiger partial charge in [-0.15, -0.1) is 0 Å². The highest BCUT2D eigenvalue weighted by molar-refractivity contribution is 6.39. The summed E-state index contributed by atoms with van der Waals surface area (Å²) in [5, 5.41) is 7.37. The predicted octanol–water partition coefficient (Wildman–Crippen LogP) is 5.76. The maximum atomic E-state index is 12.3. The maximum Gasteiger partial charge on any atom is 0.345 e. The first-order valence-electron chi connectivity index (χ1n) is 8.22. The zero-order chi connectivity index (χ0) is 21.8. The van der Waals surface area contributed by atoms with Crippen LogP contribution in [0.4, 0.5) is 5.88 Å². The molecule has 0 aliphatic rings. The predicted molar refractivity (Wildman–Crippen MR) is 114 cm³/mol. The van der Waals surface area contributed by atoms with Gasteiger partial charge in [0, 0.05) is 16.7 Å². The van der Waals surface area contributed by atoms with Crippen LogP contribution in [0.5, 0.6) is 5.75 Å². The van der Waals surface area contributed by atoms with Crippen molar-refractivity contribution in [2.75, 3.05) is 19.0 Å². The molecule has 0 bridgehead atoms. The number of rotatable bonds is 6. The molecule has 3 aromatic rings. The topological polar surface area (TPSA) is 90.7 Å². The summed E-state index contributed by atoms with van der Waals surface area (Å²) < 4.78 is 15.3. The Balaban J connectivity index is 1.86. The van der Waals surface area contributed by atoms with E-state index in [1.54, 1.807) is 24.3 Å². The van der Waals surface area contributed by atoms with E-state index in [0.717, 1.165) is 0 Å². The lowest BCUT2D eigenvalue weighted by atomic mass is 10.1. The van der Waals surface area contributed by atoms with Crippen LogP contribution in [-0.4, -0.2) is 30.7 Å². The fourth-order valence-corrected chi connectivity index (χ4v) is 3.37. The van der Waals surface area contributed by atoms with Crippen LogP contribution in [0.15, 0.2) is 40.9 Å². The van der Waals surface area contributed by atoms with Crippen LogP contribution in [0.2, 0.25) is 20.1 Å². The first kappa shape index (κ1) is 22.2. The van der Waals surface area contributed by atoms with E-state index in [9.17, 15) is 9.59 Å². The third-order valence-corrected chi connectivity index (χ3v) is 4.96. The van der Waals surface area contributed by atoms with Gasteiger partial charge in [-0.25, -0.2) is 4.79 Å². The number of nitrogens with one attached hydrogen (secondary N) is 1. The highest BCUT2D eigenvalue weighted by Crippen LogP contribution is 2.38. The van der Waals surface area contributed by atoms with Gasteiger partial charge in [-0.05, 0) is 24.3 Å². The number of esters is 1. The van der Waals surface area contributed by atoms with Crippen LogP contribution >= 0.6 is 46.4 Å². The number of aromatic nitrogens is 1. The Morgan fingerprint density at radius 2 is 1.77 bits per heavy atom. The molecule has 0 saturated heterocycles. The number of halogens is 4. The molecule has 30 heavy (non-hydrogen) atoms. The molecule has 2 aromatic carbocycles. The lowest BCUT2D eigenvalue weighted by molar-refractivity contribution is -0.118. The van der Waals surface area contributed by atoms with Crippen LogP contribution in [0.25, 0.3) is 11.3 Å². The Kier molecular flexibility index (Phi) is 7.10. The van der Waals surface area contributed by atoms with E-state index in [2.05, 4.69) is 10.5 Å². The number of carbonyl (C=O) groups excluding carboxylic acids is 2. The third-order valence-electron chi connectivity index (χ3n) is 3.79. The second kappa shape index (κ2) is 9.57. The lowest BCUT2D eigenvalue weighted by Gasteiger charge is -2.09. The normalized spacial score (nSPS) is 10.6. The Bertz CT molecular complexity index is 1100. The Morgan fingerprint density at radius 3 is 2.43 bits per heavy atom. The molecule has 1 N–H and O–H groups in total. The highest BCUT2D eigenvalue weighted by Gasteiger charge is 2.28. The minimum atomic E-state index is -0.809. The molecule has 0 atom stereocenters. The van der Waals surface area contributed by atoms with E-state index in [4.69, 9.17) is 60.4 Å². The number of carbonyl (C=O) groups is 2. The van der Waals surface area contributed by atoms with Crippen LogP contribution in [0.1, 0.15) is 10.4 Å². The number of nitrogens with zero attached hydrogens (tertiary/aromatic N) is 1. The molecule has 1 heterocycles. The fraction of sp³-hybridized carbons (Fsp3) is 0.105. The summed E-state index contributed by atoms with van der Waals surface area (Å²) in [5.41, 5.74) is 0.126. The number of benzene rings is 2. The molecule has 156 valence electrons. The molecule has 0 fully saturated rings. The molecule has 0 spiro atoms. The number of ether oxygens (including phenoxy) is 2. The minimum absolute atomic E-state index is 0.0200. The number of hydrogen-bond acceptors (Lipinski definition) is 6. The van der Waals surface area contributed by atoms with E-state index >= 15 is 0 Å². The van der Waals surface area contributed by atoms with Gasteiger partial charge >= 0.3 is 5.97 Å². The fourth-order valence-electron chi connectivity index (χ4n) is 2.46. The first-order valence-corrected chi connectivity index (χ1v) is 9.73. The summed E-state index contributed by atoms with van der Waals surface area (Å²) in [7, 11) is 1.17. The molecule has 0 aliphatic heterocycles. The van der Waals surface area contributed by atoms with Gasteiger partial charge in [0.25, 0.3) is 5.91 Å². The second-order valence-electron chi connectivity index (χ2n) is 5.74. The van der Waals surface area contributed by atoms with Crippen molar-refractivity contribution in [1.82, 2.24) is 5.16 Å². The molecule has 11 heteroatoms. The molecular formula is C19H12Cl4N2O5. The second-order valence-corrected chi connectivity index (χ2v) is 7.39. The molecule has 3 rings (SSSR count). The van der Waals surface area contributed by atoms with Gasteiger partial charge in [0.1, 0.15) is 11.4 Å². The van der Waals surface area contributed by atoms with Gasteiger partial charge in [0.05, 0.1) is 22.2 Å². The van der Waals surface area contributed by atoms with Crippen molar-refractivity contribution >= 4 is 64.2 Å². The van der Waals surface area contributed by atoms with Gasteiger partial charge in [0.2, 0.25) is 5.88 Å². The molecule has 0 radical (unpaired) electrons. The van der Waals surface area contributed by atoms with Crippen LogP contribution < -0.4 is 10.1 Å². The van der Waals surface area contributed by atoms with Gasteiger partial charge in [-0.3, -0.25) is 10.1 Å². The summed E-state index contributed by atoms with van der Waals surface area (Å²) in [6.45, 7) is -0.441. The highest BCUT2D eigenvalue weighted by atomic mass is 35.5. The quantitative estimate of drug-likeness (QED) is 0.442. The van der Waals surface area contributed by atoms with Gasteiger partial charge in [-0.1, -0.05) is 57.6 Å². The van der Waals surface area contributed by atoms with E-state index in [0.29, 0.717) is 5.02 Å². The lowest BCUT2D eigenvalue weighted by Crippen LogP contribution is -2.21. The summed E-state index contributed by atoms with van der Waals surface area (Å²) in [6, 6.07) is 9.34. The van der Waals surface area contributed by atoms with E-state index < -0.39 is 18.5 Å². The molecule has 0 unspecified atom stereocenters. The average molecular weight is 490 g/mol. The molecule has 7 nitrogen and oxygen atoms in total. The average Bonchev–Trinajstić information content (AvgIpc) is 3.11. The Labute approximate surface area is 190 Å². The Morgan fingerprint density at radius 1 is 1.07 bits per heavy atom. The zero-order valence-electron chi connectivity index (χ0n) is 15.2. The van der Waals surface area contributed by atoms with Crippen LogP contribution in [0, 0.1) is 0 Å². The van der Waals surface area contributed by atoms with Crippen molar-refractivity contribution in [1.29, 1.82) is 0 Å². The SMILES string of the molecule is COC(=O)c1c(-c2c(Cl)cccc2Cl)noc1NC(=O)COc1cc(Cl)ccc1Cl. The summed E-state index contributed by atoms with van der Waals surface area (Å²) in [6.07, 6.45) is 0. The number of anilines is 1. The first-order chi connectivity index (χ1) is 14.3. The van der Waals surface area contributed by atoms with E-state index in [1.807, 2.05) is 0 Å². The van der Waals surface area contributed by atoms with Crippen molar-refractivity contribution in [2.24, 2.45) is 0 Å². The van der Waals surface area contributed by atoms with Gasteiger partial charge in [-0.2, -0.15) is 0 Å². The third kappa shape index (κ3) is 4.82. The van der Waals surface area contributed by atoms with Crippen molar-refractivity contribution in [3.63, 3.8) is 0 Å². The van der Waals surface area contributed by atoms with Gasteiger partial charge < -0.3 is 14.0 Å². The number of hydrogen-bond donors (Lipinski definition) is 1. The number of methoxy groups -OCH3 is 1. The van der Waals surface area contributed by atoms with Crippen LogP contribution in [-0.2, 0) is 9.53 Å². The molecule has 1 amide bonds. The maximum absolute atomic E-state index is 12.3. The van der Waals surface area contributed by atoms with Crippen molar-refractivity contribution in [3.05, 3.63) is 62.1 Å². The summed E-state index contributed by atoms with van der Waals surface area (Å²) in [4.78, 5) is 24.7. The molecule has 1 aromatic heterocycles. The van der Waals surface area contributed by atoms with E-state index in [-0.39, 0.29) is 43.5 Å². The van der Waals surface area contributed by atoms with Crippen molar-refractivity contribution in [3.8, 4) is 17.0 Å². The van der Waals surface area contributed by atoms with Gasteiger partial charge in [0.15, 0.2) is 12.2 Å². The Hall–Kier alpha value is -2.45. The molecule has 0 aliphatic carbocycles. The van der Waals surface area contributed by atoms with Crippen molar-refractivity contribution in [2.45, 2.75) is 0 Å². The monoisotopic (exact) mass is 488 g/mol. The zero-order valence-corrected chi connectivity index (χ0v) is 18.2. The smallest absolute Gasteiger partial charge is 0.345 e. The molecular weight excluding hydrogens is 478 g/mol. The standard InChI is InChI=1S/C19H12Cl4N2O5/c1-28-19(27)16-17(15-11(22)3-2-4-12(15)23)25-30-18(16)24-14(26)8-29-13-7-9(20)5-6-10(13)21/h2-7H,8H2,1H3,(H,24,26). The number of amides is 1. The molecule has 0 saturated carbocycles. The van der Waals surface area contributed by atoms with Crippen LogP contribution in [0.3, 0.4) is 0 Å². The summed E-state index contributed by atoms with van der Waals surface area (Å²) in [5.74, 6) is -1.49. The minimum Gasteiger partial charge on any atom is -0.482 e.